The molecule has 0 radical (unpaired) electrons. The summed E-state index contributed by atoms with van der Waals surface area (Å²) < 4.78 is 35.8. The van der Waals surface area contributed by atoms with Gasteiger partial charge in [-0.15, -0.1) is 0 Å². The standard InChI is InChI=1S/C14H18F3N3O3/c1-8(2)3-10-4-9(5-11(21)20-10)13(23)18-6-12(22)19-7-14(15,16)17/h4-5,8H,3,6-7H2,1-2H3,(H,18,23)(H,19,22)(H,20,21). The second-order valence-corrected chi connectivity index (χ2v) is 5.43. The van der Waals surface area contributed by atoms with Gasteiger partial charge in [-0.25, -0.2) is 0 Å². The van der Waals surface area contributed by atoms with E-state index in [1.54, 1.807) is 5.32 Å². The van der Waals surface area contributed by atoms with Crippen LogP contribution in [-0.4, -0.2) is 36.1 Å². The minimum Gasteiger partial charge on any atom is -0.345 e. The maximum atomic E-state index is 11.9. The minimum atomic E-state index is -4.52. The zero-order valence-corrected chi connectivity index (χ0v) is 12.7. The third-order valence-electron chi connectivity index (χ3n) is 2.69. The predicted octanol–water partition coefficient (Wildman–Crippen LogP) is 0.982. The van der Waals surface area contributed by atoms with Gasteiger partial charge in [0.05, 0.1) is 6.54 Å². The van der Waals surface area contributed by atoms with Gasteiger partial charge in [0.1, 0.15) is 6.54 Å². The number of amides is 2. The third kappa shape index (κ3) is 7.48. The van der Waals surface area contributed by atoms with Gasteiger partial charge in [0, 0.05) is 17.3 Å². The second kappa shape index (κ2) is 7.80. The molecule has 2 amide bonds. The van der Waals surface area contributed by atoms with Crippen molar-refractivity contribution in [3.8, 4) is 0 Å². The summed E-state index contributed by atoms with van der Waals surface area (Å²) in [6.07, 6.45) is -3.96. The lowest BCUT2D eigenvalue weighted by atomic mass is 10.1. The zero-order chi connectivity index (χ0) is 17.6. The van der Waals surface area contributed by atoms with Crippen molar-refractivity contribution in [2.24, 2.45) is 5.92 Å². The molecule has 1 aromatic rings. The fourth-order valence-corrected chi connectivity index (χ4v) is 1.81. The Morgan fingerprint density at radius 1 is 1.22 bits per heavy atom. The first kappa shape index (κ1) is 18.7. The van der Waals surface area contributed by atoms with E-state index in [0.29, 0.717) is 12.1 Å². The van der Waals surface area contributed by atoms with E-state index in [0.717, 1.165) is 6.07 Å². The fourth-order valence-electron chi connectivity index (χ4n) is 1.81. The summed E-state index contributed by atoms with van der Waals surface area (Å²) in [5.74, 6) is -1.41. The van der Waals surface area contributed by atoms with E-state index in [1.807, 2.05) is 13.8 Å². The summed E-state index contributed by atoms with van der Waals surface area (Å²) in [5.41, 5.74) is 0.155. The molecule has 0 saturated carbocycles. The average Bonchev–Trinajstić information content (AvgIpc) is 2.40. The molecule has 3 N–H and O–H groups in total. The first-order valence-corrected chi connectivity index (χ1v) is 6.91. The smallest absolute Gasteiger partial charge is 0.345 e. The lowest BCUT2D eigenvalue weighted by molar-refractivity contribution is -0.137. The second-order valence-electron chi connectivity index (χ2n) is 5.43. The molecule has 0 atom stereocenters. The highest BCUT2D eigenvalue weighted by Gasteiger charge is 2.27. The van der Waals surface area contributed by atoms with E-state index < -0.39 is 36.6 Å². The number of halogens is 3. The lowest BCUT2D eigenvalue weighted by Crippen LogP contribution is -2.41. The zero-order valence-electron chi connectivity index (χ0n) is 12.7. The number of rotatable bonds is 6. The van der Waals surface area contributed by atoms with Crippen molar-refractivity contribution in [2.45, 2.75) is 26.4 Å². The highest BCUT2D eigenvalue weighted by Crippen LogP contribution is 2.11. The SMILES string of the molecule is CC(C)Cc1cc(C(=O)NCC(=O)NCC(F)(F)F)cc(=O)[nH]1. The van der Waals surface area contributed by atoms with Gasteiger partial charge in [0.2, 0.25) is 11.5 Å². The molecule has 1 heterocycles. The van der Waals surface area contributed by atoms with E-state index in [9.17, 15) is 27.6 Å². The van der Waals surface area contributed by atoms with Crippen LogP contribution in [0, 0.1) is 5.92 Å². The van der Waals surface area contributed by atoms with E-state index in [-0.39, 0.29) is 11.5 Å². The Morgan fingerprint density at radius 2 is 1.87 bits per heavy atom. The Kier molecular flexibility index (Phi) is 6.35. The lowest BCUT2D eigenvalue weighted by Gasteiger charge is -2.10. The number of carbonyl (C=O) groups excluding carboxylic acids is 2. The average molecular weight is 333 g/mol. The van der Waals surface area contributed by atoms with E-state index in [2.05, 4.69) is 10.3 Å². The fraction of sp³-hybridized carbons (Fsp3) is 0.500. The molecule has 0 unspecified atom stereocenters. The van der Waals surface area contributed by atoms with E-state index >= 15 is 0 Å². The van der Waals surface area contributed by atoms with Gasteiger partial charge in [0.15, 0.2) is 0 Å². The van der Waals surface area contributed by atoms with Crippen LogP contribution < -0.4 is 16.2 Å². The number of aromatic amines is 1. The van der Waals surface area contributed by atoms with Crippen molar-refractivity contribution in [3.63, 3.8) is 0 Å². The molecule has 9 heteroatoms. The van der Waals surface area contributed by atoms with Gasteiger partial charge in [-0.05, 0) is 18.4 Å². The van der Waals surface area contributed by atoms with Crippen LogP contribution in [0.4, 0.5) is 13.2 Å². The maximum absolute atomic E-state index is 11.9. The molecule has 0 spiro atoms. The van der Waals surface area contributed by atoms with Crippen molar-refractivity contribution in [2.75, 3.05) is 13.1 Å². The molecule has 0 aliphatic rings. The molecule has 1 rings (SSSR count). The van der Waals surface area contributed by atoms with Crippen molar-refractivity contribution in [1.29, 1.82) is 0 Å². The van der Waals surface area contributed by atoms with Crippen LogP contribution in [0.15, 0.2) is 16.9 Å². The monoisotopic (exact) mass is 333 g/mol. The van der Waals surface area contributed by atoms with Crippen molar-refractivity contribution in [1.82, 2.24) is 15.6 Å². The number of hydrogen-bond donors (Lipinski definition) is 3. The van der Waals surface area contributed by atoms with Crippen molar-refractivity contribution in [3.05, 3.63) is 33.7 Å². The van der Waals surface area contributed by atoms with E-state index in [1.165, 1.54) is 6.07 Å². The summed E-state index contributed by atoms with van der Waals surface area (Å²) in [5, 5.41) is 3.80. The van der Waals surface area contributed by atoms with Crippen LogP contribution in [0.2, 0.25) is 0 Å². The molecule has 0 aromatic carbocycles. The van der Waals surface area contributed by atoms with Gasteiger partial charge in [0.25, 0.3) is 5.91 Å². The van der Waals surface area contributed by atoms with Crippen LogP contribution in [0.5, 0.6) is 0 Å². The van der Waals surface area contributed by atoms with Gasteiger partial charge in [-0.3, -0.25) is 14.4 Å². The topological polar surface area (TPSA) is 91.1 Å². The molecule has 128 valence electrons. The van der Waals surface area contributed by atoms with Crippen LogP contribution >= 0.6 is 0 Å². The summed E-state index contributed by atoms with van der Waals surface area (Å²) in [6.45, 7) is 1.80. The Morgan fingerprint density at radius 3 is 2.43 bits per heavy atom. The quantitative estimate of drug-likeness (QED) is 0.725. The number of nitrogens with one attached hydrogen (secondary N) is 3. The molecule has 0 aliphatic carbocycles. The van der Waals surface area contributed by atoms with Crippen LogP contribution in [0.1, 0.15) is 29.9 Å². The molecule has 6 nitrogen and oxygen atoms in total. The molecular weight excluding hydrogens is 315 g/mol. The predicted molar refractivity (Wildman–Crippen MR) is 77.0 cm³/mol. The number of pyridine rings is 1. The number of H-pyrrole nitrogens is 1. The highest BCUT2D eigenvalue weighted by molar-refractivity contribution is 5.96. The number of alkyl halides is 3. The number of hydrogen-bond acceptors (Lipinski definition) is 3. The first-order valence-electron chi connectivity index (χ1n) is 6.91. The molecule has 23 heavy (non-hydrogen) atoms. The summed E-state index contributed by atoms with van der Waals surface area (Å²) in [4.78, 5) is 37.2. The Hall–Kier alpha value is -2.32. The van der Waals surface area contributed by atoms with Crippen molar-refractivity contribution >= 4 is 11.8 Å². The van der Waals surface area contributed by atoms with Crippen LogP contribution in [0.25, 0.3) is 0 Å². The molecule has 0 bridgehead atoms. The highest BCUT2D eigenvalue weighted by atomic mass is 19.4. The van der Waals surface area contributed by atoms with Crippen LogP contribution in [0.3, 0.4) is 0 Å². The minimum absolute atomic E-state index is 0.0491. The molecular formula is C14H18F3N3O3. The van der Waals surface area contributed by atoms with E-state index in [4.69, 9.17) is 0 Å². The number of aromatic nitrogens is 1. The summed E-state index contributed by atoms with van der Waals surface area (Å²) in [6, 6.07) is 2.54. The van der Waals surface area contributed by atoms with Gasteiger partial charge < -0.3 is 15.6 Å². The third-order valence-corrected chi connectivity index (χ3v) is 2.69. The van der Waals surface area contributed by atoms with Gasteiger partial charge >= 0.3 is 6.18 Å². The molecule has 0 saturated heterocycles. The Labute approximate surface area is 130 Å². The first-order chi connectivity index (χ1) is 10.6. The van der Waals surface area contributed by atoms with Crippen molar-refractivity contribution < 1.29 is 22.8 Å². The molecule has 0 aliphatic heterocycles. The Bertz CT molecular complexity index is 624. The molecule has 0 fully saturated rings. The van der Waals surface area contributed by atoms with Crippen LogP contribution in [-0.2, 0) is 11.2 Å². The largest absolute Gasteiger partial charge is 0.405 e. The Balaban J connectivity index is 2.63. The van der Waals surface area contributed by atoms with Gasteiger partial charge in [-0.2, -0.15) is 13.2 Å². The molecule has 1 aromatic heterocycles. The number of carbonyl (C=O) groups is 2. The normalized spacial score (nSPS) is 11.4. The van der Waals surface area contributed by atoms with Gasteiger partial charge in [-0.1, -0.05) is 13.8 Å². The maximum Gasteiger partial charge on any atom is 0.405 e. The summed E-state index contributed by atoms with van der Waals surface area (Å²) >= 11 is 0. The summed E-state index contributed by atoms with van der Waals surface area (Å²) in [7, 11) is 0.